The summed E-state index contributed by atoms with van der Waals surface area (Å²) < 4.78 is 0. The Hall–Kier alpha value is -0.330. The van der Waals surface area contributed by atoms with Gasteiger partial charge in [0.05, 0.1) is 0 Å². The van der Waals surface area contributed by atoms with Gasteiger partial charge in [-0.15, -0.1) is 0 Å². The number of ketones is 1. The van der Waals surface area contributed by atoms with Gasteiger partial charge >= 0.3 is 0 Å². The van der Waals surface area contributed by atoms with Crippen molar-refractivity contribution >= 4 is 5.78 Å². The molecule has 2 atom stereocenters. The van der Waals surface area contributed by atoms with E-state index in [1.807, 2.05) is 0 Å². The van der Waals surface area contributed by atoms with Crippen LogP contribution in [0.15, 0.2) is 0 Å². The van der Waals surface area contributed by atoms with Crippen molar-refractivity contribution in [1.29, 1.82) is 0 Å². The number of rotatable bonds is 3. The largest absolute Gasteiger partial charge is 0.300 e. The lowest BCUT2D eigenvalue weighted by atomic mass is 9.62. The van der Waals surface area contributed by atoms with Crippen molar-refractivity contribution in [2.45, 2.75) is 66.2 Å². The Kier molecular flexibility index (Phi) is 2.30. The van der Waals surface area contributed by atoms with E-state index in [1.165, 1.54) is 25.7 Å². The van der Waals surface area contributed by atoms with Crippen molar-refractivity contribution < 1.29 is 4.79 Å². The second-order valence-electron chi connectivity index (χ2n) is 6.76. The maximum Gasteiger partial charge on any atom is 0.129 e. The van der Waals surface area contributed by atoms with Crippen LogP contribution >= 0.6 is 0 Å². The normalized spacial score (nSPS) is 42.1. The van der Waals surface area contributed by atoms with Gasteiger partial charge in [-0.1, -0.05) is 27.2 Å². The Bertz CT molecular complexity index is 292. The predicted molar refractivity (Wildman–Crippen MR) is 62.7 cm³/mol. The third kappa shape index (κ3) is 1.46. The van der Waals surface area contributed by atoms with Crippen molar-refractivity contribution in [2.75, 3.05) is 0 Å². The molecule has 15 heavy (non-hydrogen) atoms. The van der Waals surface area contributed by atoms with Crippen LogP contribution in [0.1, 0.15) is 66.2 Å². The molecule has 1 nitrogen and oxygen atoms in total. The van der Waals surface area contributed by atoms with Gasteiger partial charge < -0.3 is 4.79 Å². The summed E-state index contributed by atoms with van der Waals surface area (Å²) in [5.41, 5.74) is 1.50. The fraction of sp³-hybridized carbons (Fsp3) is 0.929. The van der Waals surface area contributed by atoms with Crippen molar-refractivity contribution in [2.24, 2.45) is 16.2 Å². The molecule has 0 heterocycles. The standard InChI is InChI=1S/C14H24O/c1-11(15)6-9-14-10-13(14,4)8-5-7-12(14,2)3/h5-10H2,1-4H3. The maximum atomic E-state index is 11.2. The maximum absolute atomic E-state index is 11.2. The summed E-state index contributed by atoms with van der Waals surface area (Å²) in [5, 5.41) is 0. The zero-order valence-electron chi connectivity index (χ0n) is 10.7. The zero-order chi connectivity index (χ0) is 11.3. The lowest BCUT2D eigenvalue weighted by molar-refractivity contribution is -0.117. The van der Waals surface area contributed by atoms with E-state index in [9.17, 15) is 4.79 Å². The van der Waals surface area contributed by atoms with E-state index in [-0.39, 0.29) is 0 Å². The Morgan fingerprint density at radius 2 is 1.87 bits per heavy atom. The van der Waals surface area contributed by atoms with Gasteiger partial charge in [-0.05, 0) is 48.9 Å². The lowest BCUT2D eigenvalue weighted by Crippen LogP contribution is -2.34. The molecule has 2 saturated carbocycles. The lowest BCUT2D eigenvalue weighted by Gasteiger charge is -2.43. The molecule has 0 aliphatic heterocycles. The van der Waals surface area contributed by atoms with E-state index in [1.54, 1.807) is 6.92 Å². The number of hydrogen-bond donors (Lipinski definition) is 0. The van der Waals surface area contributed by atoms with Crippen LogP contribution in [-0.4, -0.2) is 5.78 Å². The Morgan fingerprint density at radius 3 is 2.40 bits per heavy atom. The molecule has 0 radical (unpaired) electrons. The van der Waals surface area contributed by atoms with Gasteiger partial charge in [-0.3, -0.25) is 0 Å². The van der Waals surface area contributed by atoms with E-state index >= 15 is 0 Å². The summed E-state index contributed by atoms with van der Waals surface area (Å²) in [4.78, 5) is 11.2. The van der Waals surface area contributed by atoms with Crippen molar-refractivity contribution in [3.05, 3.63) is 0 Å². The van der Waals surface area contributed by atoms with Gasteiger partial charge in [0.2, 0.25) is 0 Å². The molecule has 0 aromatic rings. The Morgan fingerprint density at radius 1 is 1.20 bits per heavy atom. The highest BCUT2D eigenvalue weighted by atomic mass is 16.1. The van der Waals surface area contributed by atoms with Crippen molar-refractivity contribution in [3.63, 3.8) is 0 Å². The van der Waals surface area contributed by atoms with Crippen molar-refractivity contribution in [1.82, 2.24) is 0 Å². The molecule has 2 rings (SSSR count). The first kappa shape index (κ1) is 11.2. The second-order valence-corrected chi connectivity index (χ2v) is 6.76. The fourth-order valence-corrected chi connectivity index (χ4v) is 4.28. The number of carbonyl (C=O) groups excluding carboxylic acids is 1. The molecule has 0 saturated heterocycles. The van der Waals surface area contributed by atoms with Crippen LogP contribution in [0.4, 0.5) is 0 Å². The third-order valence-corrected chi connectivity index (χ3v) is 5.45. The molecule has 2 unspecified atom stereocenters. The molecular weight excluding hydrogens is 184 g/mol. The van der Waals surface area contributed by atoms with E-state index in [2.05, 4.69) is 20.8 Å². The summed E-state index contributed by atoms with van der Waals surface area (Å²) in [5.74, 6) is 0.361. The average molecular weight is 208 g/mol. The highest BCUT2D eigenvalue weighted by Crippen LogP contribution is 2.79. The van der Waals surface area contributed by atoms with Crippen LogP contribution in [0.25, 0.3) is 0 Å². The molecule has 1 heteroatoms. The van der Waals surface area contributed by atoms with Gasteiger partial charge in [0.25, 0.3) is 0 Å². The molecule has 0 N–H and O–H groups in total. The minimum absolute atomic E-state index is 0.361. The number of carbonyl (C=O) groups is 1. The second kappa shape index (κ2) is 3.09. The Labute approximate surface area is 93.6 Å². The SMILES string of the molecule is CC(=O)CCC12CC1(C)CCCC2(C)C. The highest BCUT2D eigenvalue weighted by Gasteiger charge is 2.70. The molecule has 86 valence electrons. The average Bonchev–Trinajstić information content (AvgIpc) is 2.70. The van der Waals surface area contributed by atoms with E-state index < -0.39 is 0 Å². The zero-order valence-corrected chi connectivity index (χ0v) is 10.7. The number of fused-ring (bicyclic) bond motifs is 1. The van der Waals surface area contributed by atoms with Crippen LogP contribution in [-0.2, 0) is 4.79 Å². The third-order valence-electron chi connectivity index (χ3n) is 5.45. The minimum atomic E-state index is 0.361. The first-order chi connectivity index (χ1) is 6.83. The fourth-order valence-electron chi connectivity index (χ4n) is 4.28. The summed E-state index contributed by atoms with van der Waals surface area (Å²) in [7, 11) is 0. The Balaban J connectivity index is 2.15. The smallest absolute Gasteiger partial charge is 0.129 e. The molecule has 0 aromatic carbocycles. The summed E-state index contributed by atoms with van der Waals surface area (Å²) in [6.07, 6.45) is 7.39. The molecular formula is C14H24O. The van der Waals surface area contributed by atoms with Crippen molar-refractivity contribution in [3.8, 4) is 0 Å². The topological polar surface area (TPSA) is 17.1 Å². The van der Waals surface area contributed by atoms with Crippen LogP contribution in [0.5, 0.6) is 0 Å². The highest BCUT2D eigenvalue weighted by molar-refractivity contribution is 5.75. The molecule has 0 spiro atoms. The van der Waals surface area contributed by atoms with Gasteiger partial charge in [0, 0.05) is 6.42 Å². The number of Topliss-reactive ketones (excluding diaryl/α,β-unsaturated/α-hetero) is 1. The van der Waals surface area contributed by atoms with Crippen LogP contribution < -0.4 is 0 Å². The summed E-state index contributed by atoms with van der Waals surface area (Å²) in [6, 6.07) is 0. The summed E-state index contributed by atoms with van der Waals surface area (Å²) in [6.45, 7) is 9.00. The number of hydrogen-bond acceptors (Lipinski definition) is 1. The van der Waals surface area contributed by atoms with Crippen LogP contribution in [0, 0.1) is 16.2 Å². The van der Waals surface area contributed by atoms with Gasteiger partial charge in [0.15, 0.2) is 0 Å². The minimum Gasteiger partial charge on any atom is -0.300 e. The molecule has 0 aromatic heterocycles. The molecule has 2 aliphatic rings. The van der Waals surface area contributed by atoms with E-state index in [0.717, 1.165) is 12.8 Å². The predicted octanol–water partition coefficient (Wildman–Crippen LogP) is 3.96. The quantitative estimate of drug-likeness (QED) is 0.686. The molecule has 0 bridgehead atoms. The van der Waals surface area contributed by atoms with Gasteiger partial charge in [0.1, 0.15) is 5.78 Å². The van der Waals surface area contributed by atoms with Gasteiger partial charge in [-0.2, -0.15) is 0 Å². The van der Waals surface area contributed by atoms with E-state index in [4.69, 9.17) is 0 Å². The van der Waals surface area contributed by atoms with Gasteiger partial charge in [-0.25, -0.2) is 0 Å². The molecule has 0 amide bonds. The molecule has 2 aliphatic carbocycles. The first-order valence-electron chi connectivity index (χ1n) is 6.33. The first-order valence-corrected chi connectivity index (χ1v) is 6.33. The van der Waals surface area contributed by atoms with E-state index in [0.29, 0.717) is 22.0 Å². The van der Waals surface area contributed by atoms with Crippen LogP contribution in [0.2, 0.25) is 0 Å². The summed E-state index contributed by atoms with van der Waals surface area (Å²) >= 11 is 0. The molecule has 2 fully saturated rings. The monoisotopic (exact) mass is 208 g/mol. The van der Waals surface area contributed by atoms with Crippen LogP contribution in [0.3, 0.4) is 0 Å².